The van der Waals surface area contributed by atoms with Crippen LogP contribution in [-0.4, -0.2) is 12.6 Å². The topological polar surface area (TPSA) is 44.8 Å². The number of benzene rings is 3. The predicted molar refractivity (Wildman–Crippen MR) is 99.7 cm³/mol. The highest BCUT2D eigenvalue weighted by Crippen LogP contribution is 2.26. The molecule has 0 unspecified atom stereocenters. The molecule has 0 aliphatic carbocycles. The normalized spacial score (nSPS) is 10.2. The summed E-state index contributed by atoms with van der Waals surface area (Å²) in [7, 11) is 0. The summed E-state index contributed by atoms with van der Waals surface area (Å²) < 4.78 is 16.5. The zero-order valence-corrected chi connectivity index (χ0v) is 14.7. The summed E-state index contributed by atoms with van der Waals surface area (Å²) in [6.07, 6.45) is 0. The Kier molecular flexibility index (Phi) is 6.12. The van der Waals surface area contributed by atoms with E-state index in [1.165, 1.54) is 0 Å². The molecule has 0 atom stereocenters. The van der Waals surface area contributed by atoms with Gasteiger partial charge in [0.25, 0.3) is 0 Å². The van der Waals surface area contributed by atoms with E-state index in [2.05, 4.69) is 0 Å². The maximum absolute atomic E-state index is 11.9. The minimum Gasteiger partial charge on any atom is -0.480 e. The van der Waals surface area contributed by atoms with Gasteiger partial charge in [-0.15, -0.1) is 0 Å². The molecule has 26 heavy (non-hydrogen) atoms. The largest absolute Gasteiger partial charge is 0.480 e. The van der Waals surface area contributed by atoms with Crippen LogP contribution < -0.4 is 9.47 Å². The summed E-state index contributed by atoms with van der Waals surface area (Å²) >= 11 is 5.98. The van der Waals surface area contributed by atoms with Crippen LogP contribution in [0.4, 0.5) is 0 Å². The number of carbonyl (C=O) groups is 1. The fourth-order valence-electron chi connectivity index (χ4n) is 2.24. The quantitative estimate of drug-likeness (QED) is 0.534. The zero-order valence-electron chi connectivity index (χ0n) is 13.9. The van der Waals surface area contributed by atoms with Gasteiger partial charge in [0.1, 0.15) is 23.9 Å². The molecular formula is C21H17ClO4. The molecule has 0 radical (unpaired) electrons. The van der Waals surface area contributed by atoms with E-state index in [4.69, 9.17) is 25.8 Å². The summed E-state index contributed by atoms with van der Waals surface area (Å²) in [4.78, 5) is 11.9. The second kappa shape index (κ2) is 8.92. The lowest BCUT2D eigenvalue weighted by Gasteiger charge is -2.12. The van der Waals surface area contributed by atoms with Gasteiger partial charge in [-0.3, -0.25) is 0 Å². The van der Waals surface area contributed by atoms with Crippen molar-refractivity contribution in [2.45, 2.75) is 6.61 Å². The highest BCUT2D eigenvalue weighted by molar-refractivity contribution is 6.32. The Hall–Kier alpha value is -2.98. The molecule has 0 spiro atoms. The minimum absolute atomic E-state index is 0.0910. The average Bonchev–Trinajstić information content (AvgIpc) is 2.67. The third kappa shape index (κ3) is 5.01. The van der Waals surface area contributed by atoms with Crippen molar-refractivity contribution in [2.24, 2.45) is 0 Å². The Balaban J connectivity index is 1.56. The molecule has 0 fully saturated rings. The third-order valence-electron chi connectivity index (χ3n) is 3.51. The predicted octanol–water partition coefficient (Wildman–Crippen LogP) is 5.25. The van der Waals surface area contributed by atoms with Gasteiger partial charge in [0.15, 0.2) is 6.61 Å². The standard InChI is InChI=1S/C21H17ClO4/c22-18-11-5-7-13-20(18)24-15-21(23)25-14-16-8-4-6-12-19(16)26-17-9-2-1-3-10-17/h1-13H,14-15H2. The molecule has 0 N–H and O–H groups in total. The van der Waals surface area contributed by atoms with Crippen molar-refractivity contribution < 1.29 is 19.0 Å². The van der Waals surface area contributed by atoms with Gasteiger partial charge in [-0.2, -0.15) is 0 Å². The number of carbonyl (C=O) groups excluding carboxylic acids is 1. The first kappa shape index (κ1) is 17.8. The number of hydrogen-bond acceptors (Lipinski definition) is 4. The molecule has 0 aliphatic rings. The lowest BCUT2D eigenvalue weighted by atomic mass is 10.2. The second-order valence-corrected chi connectivity index (χ2v) is 5.81. The first-order chi connectivity index (χ1) is 12.7. The molecule has 0 amide bonds. The maximum atomic E-state index is 11.9. The average molecular weight is 369 g/mol. The monoisotopic (exact) mass is 368 g/mol. The molecule has 0 heterocycles. The fourth-order valence-corrected chi connectivity index (χ4v) is 2.43. The van der Waals surface area contributed by atoms with E-state index >= 15 is 0 Å². The zero-order chi connectivity index (χ0) is 18.2. The van der Waals surface area contributed by atoms with Crippen LogP contribution in [0.15, 0.2) is 78.9 Å². The lowest BCUT2D eigenvalue weighted by Crippen LogP contribution is -2.15. The van der Waals surface area contributed by atoms with Crippen molar-refractivity contribution in [1.82, 2.24) is 0 Å². The number of ether oxygens (including phenoxy) is 3. The molecule has 0 bridgehead atoms. The summed E-state index contributed by atoms with van der Waals surface area (Å²) in [5, 5.41) is 0.446. The highest BCUT2D eigenvalue weighted by Gasteiger charge is 2.10. The van der Waals surface area contributed by atoms with Crippen LogP contribution in [0.25, 0.3) is 0 Å². The van der Waals surface area contributed by atoms with Gasteiger partial charge < -0.3 is 14.2 Å². The first-order valence-electron chi connectivity index (χ1n) is 8.06. The summed E-state index contributed by atoms with van der Waals surface area (Å²) in [6.45, 7) is -0.126. The van der Waals surface area contributed by atoms with Crippen molar-refractivity contribution in [3.63, 3.8) is 0 Å². The van der Waals surface area contributed by atoms with Gasteiger partial charge in [0.05, 0.1) is 5.02 Å². The van der Waals surface area contributed by atoms with Crippen molar-refractivity contribution in [3.8, 4) is 17.2 Å². The number of esters is 1. The van der Waals surface area contributed by atoms with E-state index < -0.39 is 5.97 Å². The first-order valence-corrected chi connectivity index (χ1v) is 8.44. The minimum atomic E-state index is -0.487. The number of halogens is 1. The van der Waals surface area contributed by atoms with Gasteiger partial charge in [0, 0.05) is 5.56 Å². The third-order valence-corrected chi connectivity index (χ3v) is 3.83. The molecule has 0 aliphatic heterocycles. The Labute approximate surface area is 156 Å². The second-order valence-electron chi connectivity index (χ2n) is 5.40. The van der Waals surface area contributed by atoms with E-state index in [-0.39, 0.29) is 13.2 Å². The Morgan fingerprint density at radius 2 is 1.46 bits per heavy atom. The van der Waals surface area contributed by atoms with Gasteiger partial charge in [-0.1, -0.05) is 60.1 Å². The lowest BCUT2D eigenvalue weighted by molar-refractivity contribution is -0.147. The summed E-state index contributed by atoms with van der Waals surface area (Å²) in [5.41, 5.74) is 0.766. The molecule has 5 heteroatoms. The summed E-state index contributed by atoms with van der Waals surface area (Å²) in [5.74, 6) is 1.31. The van der Waals surface area contributed by atoms with Crippen molar-refractivity contribution >= 4 is 17.6 Å². The van der Waals surface area contributed by atoms with Gasteiger partial charge in [-0.25, -0.2) is 4.79 Å². The summed E-state index contributed by atoms with van der Waals surface area (Å²) in [6, 6.07) is 23.8. The van der Waals surface area contributed by atoms with E-state index in [0.29, 0.717) is 22.3 Å². The Bertz CT molecular complexity index is 865. The van der Waals surface area contributed by atoms with Crippen LogP contribution in [-0.2, 0) is 16.1 Å². The molecule has 3 rings (SSSR count). The van der Waals surface area contributed by atoms with Crippen molar-refractivity contribution in [2.75, 3.05) is 6.61 Å². The molecular weight excluding hydrogens is 352 g/mol. The smallest absolute Gasteiger partial charge is 0.344 e. The molecule has 3 aromatic rings. The van der Waals surface area contributed by atoms with E-state index in [1.807, 2.05) is 54.6 Å². The van der Waals surface area contributed by atoms with Crippen LogP contribution in [0.3, 0.4) is 0 Å². The molecule has 3 aromatic carbocycles. The van der Waals surface area contributed by atoms with Crippen molar-refractivity contribution in [3.05, 3.63) is 89.4 Å². The van der Waals surface area contributed by atoms with Crippen LogP contribution >= 0.6 is 11.6 Å². The van der Waals surface area contributed by atoms with Gasteiger partial charge >= 0.3 is 5.97 Å². The highest BCUT2D eigenvalue weighted by atomic mass is 35.5. The Morgan fingerprint density at radius 1 is 0.808 bits per heavy atom. The maximum Gasteiger partial charge on any atom is 0.344 e. The van der Waals surface area contributed by atoms with Gasteiger partial charge in [0.2, 0.25) is 0 Å². The van der Waals surface area contributed by atoms with Crippen LogP contribution in [0.1, 0.15) is 5.56 Å². The molecule has 0 aromatic heterocycles. The SMILES string of the molecule is O=C(COc1ccccc1Cl)OCc1ccccc1Oc1ccccc1. The van der Waals surface area contributed by atoms with Crippen LogP contribution in [0, 0.1) is 0 Å². The van der Waals surface area contributed by atoms with E-state index in [9.17, 15) is 4.79 Å². The van der Waals surface area contributed by atoms with E-state index in [1.54, 1.807) is 24.3 Å². The van der Waals surface area contributed by atoms with Crippen molar-refractivity contribution in [1.29, 1.82) is 0 Å². The number of hydrogen-bond donors (Lipinski definition) is 0. The van der Waals surface area contributed by atoms with E-state index in [0.717, 1.165) is 5.56 Å². The molecule has 132 valence electrons. The number of para-hydroxylation sites is 3. The number of rotatable bonds is 7. The Morgan fingerprint density at radius 3 is 2.23 bits per heavy atom. The van der Waals surface area contributed by atoms with Gasteiger partial charge in [-0.05, 0) is 30.3 Å². The van der Waals surface area contributed by atoms with Crippen LogP contribution in [0.5, 0.6) is 17.2 Å². The van der Waals surface area contributed by atoms with Crippen LogP contribution in [0.2, 0.25) is 5.02 Å². The fraction of sp³-hybridized carbons (Fsp3) is 0.0952. The molecule has 4 nitrogen and oxygen atoms in total. The molecule has 0 saturated carbocycles. The molecule has 0 saturated heterocycles.